The lowest BCUT2D eigenvalue weighted by molar-refractivity contribution is -0.588. The summed E-state index contributed by atoms with van der Waals surface area (Å²) in [6.07, 6.45) is 0.851. The average Bonchev–Trinajstić information content (AvgIpc) is 2.92. The zero-order valence-electron chi connectivity index (χ0n) is 12.1. The van der Waals surface area contributed by atoms with Crippen molar-refractivity contribution in [1.82, 2.24) is 4.90 Å². The molecule has 21 heavy (non-hydrogen) atoms. The van der Waals surface area contributed by atoms with Crippen molar-refractivity contribution in [3.05, 3.63) is 17.7 Å². The molecule has 1 atom stereocenters. The Kier molecular flexibility index (Phi) is 3.42. The summed E-state index contributed by atoms with van der Waals surface area (Å²) in [5.41, 5.74) is 10.1. The Labute approximate surface area is 122 Å². The molecule has 0 saturated carbocycles. The molecule has 7 heteroatoms. The SMILES string of the molecule is COc1cc2c(cc1C(=O)N1CCC(=O)CC1C)N[NH2+]N2. The average molecular weight is 291 g/mol. The topological polar surface area (TPSA) is 87.3 Å². The Morgan fingerprint density at radius 3 is 2.76 bits per heavy atom. The largest absolute Gasteiger partial charge is 0.496 e. The number of methoxy groups -OCH3 is 1. The van der Waals surface area contributed by atoms with Gasteiger partial charge in [-0.1, -0.05) is 0 Å². The number of anilines is 2. The molecule has 4 N–H and O–H groups in total. The third-order valence-corrected chi connectivity index (χ3v) is 3.97. The van der Waals surface area contributed by atoms with Gasteiger partial charge in [-0.3, -0.25) is 9.59 Å². The van der Waals surface area contributed by atoms with Crippen molar-refractivity contribution in [2.75, 3.05) is 24.5 Å². The van der Waals surface area contributed by atoms with E-state index in [2.05, 4.69) is 10.9 Å². The van der Waals surface area contributed by atoms with E-state index >= 15 is 0 Å². The predicted molar refractivity (Wildman–Crippen MR) is 76.9 cm³/mol. The van der Waals surface area contributed by atoms with Gasteiger partial charge in [0.2, 0.25) is 0 Å². The molecule has 2 aliphatic heterocycles. The standard InChI is InChI=1S/C14H18N4O3/c1-8-5-9(19)3-4-18(8)14(20)10-6-11-12(16-17-15-11)7-13(10)21-2/h6-8,15-17H,3-5H2,1-2H3/p+1. The lowest BCUT2D eigenvalue weighted by Crippen LogP contribution is -2.89. The molecular weight excluding hydrogens is 272 g/mol. The molecule has 3 rings (SSSR count). The Hall–Kier alpha value is -2.28. The number of Topliss-reactive ketones (excluding diaryl/α,β-unsaturated/α-hetero) is 1. The quantitative estimate of drug-likeness (QED) is 0.674. The lowest BCUT2D eigenvalue weighted by Gasteiger charge is -2.33. The summed E-state index contributed by atoms with van der Waals surface area (Å²) < 4.78 is 5.34. The van der Waals surface area contributed by atoms with E-state index in [0.29, 0.717) is 30.7 Å². The van der Waals surface area contributed by atoms with Gasteiger partial charge in [0.15, 0.2) is 0 Å². The maximum atomic E-state index is 12.8. The Balaban J connectivity index is 1.92. The minimum atomic E-state index is -0.0941. The van der Waals surface area contributed by atoms with Gasteiger partial charge in [0.25, 0.3) is 5.91 Å². The summed E-state index contributed by atoms with van der Waals surface area (Å²) in [6, 6.07) is 3.52. The number of carbonyl (C=O) groups excluding carboxylic acids is 2. The second-order valence-corrected chi connectivity index (χ2v) is 5.37. The number of fused-ring (bicyclic) bond motifs is 1. The predicted octanol–water partition coefficient (Wildman–Crippen LogP) is 0.120. The van der Waals surface area contributed by atoms with Crippen molar-refractivity contribution in [2.45, 2.75) is 25.8 Å². The Morgan fingerprint density at radius 2 is 2.10 bits per heavy atom. The van der Waals surface area contributed by atoms with Crippen molar-refractivity contribution in [1.29, 1.82) is 0 Å². The number of nitrogens with two attached hydrogens (primary N) is 1. The summed E-state index contributed by atoms with van der Waals surface area (Å²) in [7, 11) is 1.55. The second-order valence-electron chi connectivity index (χ2n) is 5.37. The van der Waals surface area contributed by atoms with Crippen LogP contribution in [0.5, 0.6) is 5.75 Å². The number of nitrogens with one attached hydrogen (secondary N) is 2. The van der Waals surface area contributed by atoms with Crippen LogP contribution in [0.4, 0.5) is 11.4 Å². The molecule has 7 nitrogen and oxygen atoms in total. The monoisotopic (exact) mass is 291 g/mol. The maximum Gasteiger partial charge on any atom is 0.257 e. The van der Waals surface area contributed by atoms with Crippen molar-refractivity contribution in [2.24, 2.45) is 0 Å². The number of nitrogen functional groups attached to an aromatic ring is 2. The van der Waals surface area contributed by atoms with Crippen LogP contribution in [0.15, 0.2) is 12.1 Å². The zero-order valence-corrected chi connectivity index (χ0v) is 12.1. The number of rotatable bonds is 2. The molecule has 1 aromatic carbocycles. The van der Waals surface area contributed by atoms with Gasteiger partial charge in [0.1, 0.15) is 22.9 Å². The molecule has 0 bridgehead atoms. The fourth-order valence-electron chi connectivity index (χ4n) is 2.81. The molecule has 0 aromatic heterocycles. The van der Waals surface area contributed by atoms with Gasteiger partial charge in [-0.05, 0) is 13.0 Å². The number of likely N-dealkylation sites (tertiary alicyclic amines) is 1. The van der Waals surface area contributed by atoms with E-state index in [0.717, 1.165) is 11.4 Å². The first kappa shape index (κ1) is 13.7. The number of quaternary nitrogens is 1. The highest BCUT2D eigenvalue weighted by atomic mass is 16.5. The third kappa shape index (κ3) is 2.40. The summed E-state index contributed by atoms with van der Waals surface area (Å²) in [5, 5.41) is 0. The van der Waals surface area contributed by atoms with E-state index in [-0.39, 0.29) is 17.7 Å². The second kappa shape index (κ2) is 5.25. The molecule has 1 saturated heterocycles. The molecule has 2 aliphatic rings. The van der Waals surface area contributed by atoms with E-state index in [4.69, 9.17) is 4.74 Å². The van der Waals surface area contributed by atoms with Crippen molar-refractivity contribution < 1.29 is 19.9 Å². The van der Waals surface area contributed by atoms with Gasteiger partial charge in [0, 0.05) is 31.5 Å². The van der Waals surface area contributed by atoms with Gasteiger partial charge in [-0.2, -0.15) is 0 Å². The Bertz CT molecular complexity index is 602. The van der Waals surface area contributed by atoms with E-state index in [9.17, 15) is 9.59 Å². The van der Waals surface area contributed by atoms with E-state index in [1.165, 1.54) is 0 Å². The fraction of sp³-hybridized carbons (Fsp3) is 0.429. The van der Waals surface area contributed by atoms with Gasteiger partial charge in [-0.15, -0.1) is 5.53 Å². The first-order chi connectivity index (χ1) is 10.1. The number of hydrogen-bond donors (Lipinski definition) is 3. The fourth-order valence-corrected chi connectivity index (χ4v) is 2.81. The molecule has 112 valence electrons. The highest BCUT2D eigenvalue weighted by molar-refractivity contribution is 6.00. The van der Waals surface area contributed by atoms with Gasteiger partial charge >= 0.3 is 0 Å². The van der Waals surface area contributed by atoms with Crippen LogP contribution in [0, 0.1) is 0 Å². The number of nitrogens with zero attached hydrogens (tertiary/aromatic N) is 1. The van der Waals surface area contributed by atoms with Crippen molar-refractivity contribution >= 4 is 23.1 Å². The van der Waals surface area contributed by atoms with Crippen LogP contribution in [0.1, 0.15) is 30.1 Å². The molecule has 0 spiro atoms. The molecule has 0 radical (unpaired) electrons. The van der Waals surface area contributed by atoms with Gasteiger partial charge in [0.05, 0.1) is 12.7 Å². The first-order valence-electron chi connectivity index (χ1n) is 6.99. The number of ketones is 1. The summed E-state index contributed by atoms with van der Waals surface area (Å²) in [4.78, 5) is 26.0. The molecular formula is C14H19N4O3+. The Morgan fingerprint density at radius 1 is 1.38 bits per heavy atom. The summed E-state index contributed by atoms with van der Waals surface area (Å²) >= 11 is 0. The number of amides is 1. The van der Waals surface area contributed by atoms with Gasteiger partial charge < -0.3 is 9.64 Å². The van der Waals surface area contributed by atoms with Gasteiger partial charge in [-0.25, -0.2) is 10.9 Å². The highest BCUT2D eigenvalue weighted by Crippen LogP contribution is 2.33. The molecule has 1 aromatic rings. The number of piperidine rings is 1. The van der Waals surface area contributed by atoms with E-state index in [1.807, 2.05) is 6.92 Å². The van der Waals surface area contributed by atoms with Crippen LogP contribution >= 0.6 is 0 Å². The van der Waals surface area contributed by atoms with E-state index in [1.54, 1.807) is 29.7 Å². The number of hydrogen-bond acceptors (Lipinski definition) is 5. The molecule has 2 heterocycles. The summed E-state index contributed by atoms with van der Waals surface area (Å²) in [6.45, 7) is 2.37. The molecule has 0 aliphatic carbocycles. The van der Waals surface area contributed by atoms with E-state index < -0.39 is 0 Å². The van der Waals surface area contributed by atoms with Crippen LogP contribution in [-0.4, -0.2) is 36.3 Å². The third-order valence-electron chi connectivity index (χ3n) is 3.97. The molecule has 1 unspecified atom stereocenters. The van der Waals surface area contributed by atoms with Crippen LogP contribution in [-0.2, 0) is 4.79 Å². The summed E-state index contributed by atoms with van der Waals surface area (Å²) in [5.74, 6) is 0.656. The normalized spacial score (nSPS) is 20.6. The number of benzene rings is 1. The van der Waals surface area contributed by atoms with Crippen LogP contribution in [0.25, 0.3) is 0 Å². The molecule has 1 amide bonds. The molecule has 1 fully saturated rings. The minimum absolute atomic E-state index is 0.0747. The highest BCUT2D eigenvalue weighted by Gasteiger charge is 2.30. The number of ether oxygens (including phenoxy) is 1. The number of carbonyl (C=O) groups is 2. The lowest BCUT2D eigenvalue weighted by atomic mass is 10.0. The maximum absolute atomic E-state index is 12.8. The minimum Gasteiger partial charge on any atom is -0.496 e. The van der Waals surface area contributed by atoms with Crippen LogP contribution in [0.3, 0.4) is 0 Å². The van der Waals surface area contributed by atoms with Crippen molar-refractivity contribution in [3.8, 4) is 5.75 Å². The van der Waals surface area contributed by atoms with Crippen molar-refractivity contribution in [3.63, 3.8) is 0 Å². The first-order valence-corrected chi connectivity index (χ1v) is 6.99. The van der Waals surface area contributed by atoms with Crippen LogP contribution < -0.4 is 21.1 Å². The zero-order chi connectivity index (χ0) is 15.0. The van der Waals surface area contributed by atoms with Crippen LogP contribution in [0.2, 0.25) is 0 Å². The smallest absolute Gasteiger partial charge is 0.257 e.